The van der Waals surface area contributed by atoms with Gasteiger partial charge in [0, 0.05) is 50.3 Å². The van der Waals surface area contributed by atoms with Crippen LogP contribution in [-0.4, -0.2) is 57.8 Å². The summed E-state index contributed by atoms with van der Waals surface area (Å²) >= 11 is 0. The largest absolute Gasteiger partial charge is 0.493 e. The number of carbonyl (C=O) groups excluding carboxylic acids is 1. The van der Waals surface area contributed by atoms with Crippen molar-refractivity contribution in [2.45, 2.75) is 25.2 Å². The van der Waals surface area contributed by atoms with E-state index in [0.717, 1.165) is 56.3 Å². The van der Waals surface area contributed by atoms with Gasteiger partial charge in [0.2, 0.25) is 5.91 Å². The van der Waals surface area contributed by atoms with E-state index in [0.29, 0.717) is 13.0 Å². The van der Waals surface area contributed by atoms with Gasteiger partial charge in [-0.3, -0.25) is 4.79 Å². The molecule has 7 heteroatoms. The molecule has 1 fully saturated rings. The average Bonchev–Trinajstić information content (AvgIpc) is 2.81. The predicted molar refractivity (Wildman–Crippen MR) is 116 cm³/mol. The summed E-state index contributed by atoms with van der Waals surface area (Å²) in [6.45, 7) is 3.71. The van der Waals surface area contributed by atoms with Crippen molar-refractivity contribution in [3.63, 3.8) is 0 Å². The maximum atomic E-state index is 13.0. The fourth-order valence-corrected chi connectivity index (χ4v) is 4.89. The Hall–Kier alpha value is -2.93. The van der Waals surface area contributed by atoms with E-state index in [2.05, 4.69) is 11.0 Å². The third kappa shape index (κ3) is 3.67. The van der Waals surface area contributed by atoms with Gasteiger partial charge in [-0.2, -0.15) is 4.89 Å². The Labute approximate surface area is 182 Å². The van der Waals surface area contributed by atoms with E-state index in [4.69, 9.17) is 19.2 Å². The van der Waals surface area contributed by atoms with Crippen LogP contribution < -0.4 is 19.3 Å². The van der Waals surface area contributed by atoms with Crippen LogP contribution in [0.1, 0.15) is 29.0 Å². The molecular weight excluding hydrogens is 396 g/mol. The van der Waals surface area contributed by atoms with Gasteiger partial charge < -0.3 is 24.2 Å². The van der Waals surface area contributed by atoms with Crippen molar-refractivity contribution >= 4 is 11.6 Å². The summed E-state index contributed by atoms with van der Waals surface area (Å²) in [4.78, 5) is 27.8. The van der Waals surface area contributed by atoms with E-state index >= 15 is 0 Å². The van der Waals surface area contributed by atoms with Crippen LogP contribution in [-0.2, 0) is 22.5 Å². The number of nitrogens with zero attached hydrogens (tertiary/aromatic N) is 2. The quantitative estimate of drug-likeness (QED) is 0.688. The van der Waals surface area contributed by atoms with Gasteiger partial charge in [0.1, 0.15) is 0 Å². The van der Waals surface area contributed by atoms with E-state index in [9.17, 15) is 4.79 Å². The van der Waals surface area contributed by atoms with E-state index in [-0.39, 0.29) is 11.8 Å². The number of ether oxygens (including phenoxy) is 2. The Balaban J connectivity index is 1.20. The first-order chi connectivity index (χ1) is 15.2. The Bertz CT molecular complexity index is 984. The molecule has 7 nitrogen and oxygen atoms in total. The SMILES string of the molecule is COc1cc2c(cc1OC)C(CC(=O)N1CCN(c3cccc4c3CCOO4)CC1)C2. The van der Waals surface area contributed by atoms with Gasteiger partial charge in [-0.05, 0) is 47.7 Å². The zero-order chi connectivity index (χ0) is 21.4. The topological polar surface area (TPSA) is 60.5 Å². The summed E-state index contributed by atoms with van der Waals surface area (Å²) in [5.74, 6) is 2.78. The fourth-order valence-electron chi connectivity index (χ4n) is 4.89. The molecule has 1 unspecified atom stereocenters. The summed E-state index contributed by atoms with van der Waals surface area (Å²) in [5, 5.41) is 0. The van der Waals surface area contributed by atoms with Crippen molar-refractivity contribution in [1.82, 2.24) is 4.90 Å². The summed E-state index contributed by atoms with van der Waals surface area (Å²) < 4.78 is 10.8. The van der Waals surface area contributed by atoms with Crippen LogP contribution in [0.5, 0.6) is 17.2 Å². The lowest BCUT2D eigenvalue weighted by atomic mass is 9.75. The van der Waals surface area contributed by atoms with Gasteiger partial charge in [0.15, 0.2) is 17.2 Å². The summed E-state index contributed by atoms with van der Waals surface area (Å²) in [5.41, 5.74) is 4.86. The maximum absolute atomic E-state index is 13.0. The molecule has 0 saturated carbocycles. The highest BCUT2D eigenvalue weighted by Gasteiger charge is 2.32. The van der Waals surface area contributed by atoms with Crippen LogP contribution >= 0.6 is 0 Å². The van der Waals surface area contributed by atoms with Crippen molar-refractivity contribution in [1.29, 1.82) is 0 Å². The molecule has 164 valence electrons. The highest BCUT2D eigenvalue weighted by molar-refractivity contribution is 5.78. The molecule has 0 radical (unpaired) electrons. The third-order valence-electron chi connectivity index (χ3n) is 6.64. The molecular formula is C24H28N2O5. The van der Waals surface area contributed by atoms with Gasteiger partial charge in [-0.15, -0.1) is 0 Å². The minimum Gasteiger partial charge on any atom is -0.493 e. The fraction of sp³-hybridized carbons (Fsp3) is 0.458. The number of benzene rings is 2. The second-order valence-corrected chi connectivity index (χ2v) is 8.29. The number of rotatable bonds is 5. The Kier molecular flexibility index (Phi) is 5.36. The number of amides is 1. The van der Waals surface area contributed by atoms with Gasteiger partial charge in [0.05, 0.1) is 20.8 Å². The van der Waals surface area contributed by atoms with E-state index < -0.39 is 0 Å². The molecule has 0 bridgehead atoms. The first kappa shape index (κ1) is 20.0. The van der Waals surface area contributed by atoms with Crippen LogP contribution in [0.3, 0.4) is 0 Å². The van der Waals surface area contributed by atoms with Crippen LogP contribution in [0.15, 0.2) is 30.3 Å². The number of carbonyl (C=O) groups is 1. The van der Waals surface area contributed by atoms with Crippen LogP contribution in [0.25, 0.3) is 0 Å². The highest BCUT2D eigenvalue weighted by Crippen LogP contribution is 2.44. The lowest BCUT2D eigenvalue weighted by molar-refractivity contribution is -0.215. The Morgan fingerprint density at radius 1 is 1.10 bits per heavy atom. The van der Waals surface area contributed by atoms with Crippen molar-refractivity contribution < 1.29 is 24.0 Å². The lowest BCUT2D eigenvalue weighted by Gasteiger charge is -2.39. The molecule has 2 aromatic rings. The Morgan fingerprint density at radius 2 is 1.87 bits per heavy atom. The summed E-state index contributed by atoms with van der Waals surface area (Å²) in [6, 6.07) is 10.1. The molecule has 1 saturated heterocycles. The third-order valence-corrected chi connectivity index (χ3v) is 6.64. The number of hydrogen-bond acceptors (Lipinski definition) is 6. The molecule has 2 heterocycles. The molecule has 0 aromatic heterocycles. The molecule has 3 aliphatic rings. The van der Waals surface area contributed by atoms with Gasteiger partial charge in [0.25, 0.3) is 0 Å². The zero-order valence-corrected chi connectivity index (χ0v) is 18.1. The van der Waals surface area contributed by atoms with Crippen molar-refractivity contribution in [2.24, 2.45) is 0 Å². The van der Waals surface area contributed by atoms with Crippen molar-refractivity contribution in [2.75, 3.05) is 51.9 Å². The molecule has 5 rings (SSSR count). The minimum atomic E-state index is 0.233. The Morgan fingerprint density at radius 3 is 2.65 bits per heavy atom. The number of methoxy groups -OCH3 is 2. The van der Waals surface area contributed by atoms with E-state index in [1.165, 1.54) is 22.4 Å². The lowest BCUT2D eigenvalue weighted by Crippen LogP contribution is -2.49. The number of fused-ring (bicyclic) bond motifs is 2. The molecule has 0 spiro atoms. The monoisotopic (exact) mass is 424 g/mol. The molecule has 2 aromatic carbocycles. The molecule has 1 amide bonds. The van der Waals surface area contributed by atoms with Crippen LogP contribution in [0, 0.1) is 0 Å². The molecule has 31 heavy (non-hydrogen) atoms. The smallest absolute Gasteiger partial charge is 0.223 e. The van der Waals surface area contributed by atoms with E-state index in [1.54, 1.807) is 14.2 Å². The molecule has 1 aliphatic carbocycles. The summed E-state index contributed by atoms with van der Waals surface area (Å²) in [6.07, 6.45) is 2.31. The first-order valence-electron chi connectivity index (χ1n) is 10.9. The number of piperazine rings is 1. The second kappa shape index (κ2) is 8.30. The normalized spacial score (nSPS) is 19.6. The van der Waals surface area contributed by atoms with E-state index in [1.807, 2.05) is 29.2 Å². The molecule has 2 aliphatic heterocycles. The maximum Gasteiger partial charge on any atom is 0.223 e. The van der Waals surface area contributed by atoms with Crippen LogP contribution in [0.2, 0.25) is 0 Å². The van der Waals surface area contributed by atoms with Gasteiger partial charge in [-0.1, -0.05) is 6.07 Å². The van der Waals surface area contributed by atoms with Crippen LogP contribution in [0.4, 0.5) is 5.69 Å². The minimum absolute atomic E-state index is 0.233. The van der Waals surface area contributed by atoms with Crippen molar-refractivity contribution in [3.05, 3.63) is 47.0 Å². The second-order valence-electron chi connectivity index (χ2n) is 8.29. The number of hydrogen-bond donors (Lipinski definition) is 0. The van der Waals surface area contributed by atoms with Crippen molar-refractivity contribution in [3.8, 4) is 17.2 Å². The zero-order valence-electron chi connectivity index (χ0n) is 18.1. The first-order valence-corrected chi connectivity index (χ1v) is 10.9. The average molecular weight is 424 g/mol. The molecule has 0 N–H and O–H groups in total. The highest BCUT2D eigenvalue weighted by atomic mass is 17.2. The van der Waals surface area contributed by atoms with Gasteiger partial charge in [-0.25, -0.2) is 0 Å². The predicted octanol–water partition coefficient (Wildman–Crippen LogP) is 2.95. The molecule has 1 atom stereocenters. The summed E-state index contributed by atoms with van der Waals surface area (Å²) in [7, 11) is 3.29. The standard InChI is InChI=1S/C24H28N2O5/c1-28-22-13-16-12-17(19(16)15-23(22)29-2)14-24(27)26-9-7-25(8-10-26)20-4-3-5-21-18(20)6-11-30-31-21/h3-5,13,15,17H,6-12,14H2,1-2H3. The van der Waals surface area contributed by atoms with Gasteiger partial charge >= 0.3 is 0 Å². The number of anilines is 1.